The van der Waals surface area contributed by atoms with Crippen LogP contribution in [0.3, 0.4) is 0 Å². The molecule has 0 heterocycles. The molecule has 0 aliphatic heterocycles. The molecule has 0 spiro atoms. The quantitative estimate of drug-likeness (QED) is 0.470. The Labute approximate surface area is 84.7 Å². The maximum Gasteiger partial charge on any atom is 0.0364 e. The highest BCUT2D eigenvalue weighted by Crippen LogP contribution is 2.42. The van der Waals surface area contributed by atoms with E-state index in [1.54, 1.807) is 0 Å². The average Bonchev–Trinajstić information content (AvgIpc) is 1.98. The molecule has 62 valence electrons. The van der Waals surface area contributed by atoms with E-state index in [4.69, 9.17) is 0 Å². The van der Waals surface area contributed by atoms with E-state index < -0.39 is 0 Å². The van der Waals surface area contributed by atoms with Crippen LogP contribution in [0.2, 0.25) is 0 Å². The van der Waals surface area contributed by atoms with Crippen molar-refractivity contribution < 1.29 is 0 Å². The first kappa shape index (κ1) is 8.31. The van der Waals surface area contributed by atoms with Gasteiger partial charge in [0.15, 0.2) is 0 Å². The van der Waals surface area contributed by atoms with Crippen LogP contribution < -0.4 is 0 Å². The van der Waals surface area contributed by atoms with Crippen LogP contribution in [0, 0.1) is 11.8 Å². The van der Waals surface area contributed by atoms with Gasteiger partial charge in [-0.05, 0) is 24.7 Å². The van der Waals surface area contributed by atoms with Crippen molar-refractivity contribution >= 4 is 31.9 Å². The fourth-order valence-electron chi connectivity index (χ4n) is 2.15. The van der Waals surface area contributed by atoms with Gasteiger partial charge >= 0.3 is 0 Å². The average molecular weight is 280 g/mol. The minimum absolute atomic E-state index is 0.614. The SMILES string of the molecule is Br[C@@H]1[C@H]2CCC[C@@H]1C=C[C@@H]2Br. The normalized spacial score (nSPS) is 49.3. The van der Waals surface area contributed by atoms with Crippen LogP contribution in [0.5, 0.6) is 0 Å². The Balaban J connectivity index is 2.21. The summed E-state index contributed by atoms with van der Waals surface area (Å²) in [7, 11) is 0. The van der Waals surface area contributed by atoms with Crippen molar-refractivity contribution in [1.82, 2.24) is 0 Å². The zero-order valence-electron chi connectivity index (χ0n) is 6.34. The second kappa shape index (κ2) is 3.21. The minimum Gasteiger partial charge on any atom is -0.0881 e. The molecule has 4 atom stereocenters. The predicted molar refractivity (Wildman–Crippen MR) is 55.4 cm³/mol. The van der Waals surface area contributed by atoms with E-state index in [9.17, 15) is 0 Å². The van der Waals surface area contributed by atoms with Gasteiger partial charge in [-0.1, -0.05) is 50.4 Å². The minimum atomic E-state index is 0.614. The molecular weight excluding hydrogens is 268 g/mol. The van der Waals surface area contributed by atoms with Gasteiger partial charge in [-0.25, -0.2) is 0 Å². The summed E-state index contributed by atoms with van der Waals surface area (Å²) in [4.78, 5) is 1.34. The van der Waals surface area contributed by atoms with Gasteiger partial charge in [0, 0.05) is 9.65 Å². The lowest BCUT2D eigenvalue weighted by atomic mass is 9.76. The van der Waals surface area contributed by atoms with E-state index in [0.717, 1.165) is 16.7 Å². The van der Waals surface area contributed by atoms with E-state index in [-0.39, 0.29) is 0 Å². The Morgan fingerprint density at radius 1 is 1.09 bits per heavy atom. The van der Waals surface area contributed by atoms with Crippen molar-refractivity contribution in [1.29, 1.82) is 0 Å². The van der Waals surface area contributed by atoms with E-state index in [1.165, 1.54) is 19.3 Å². The topological polar surface area (TPSA) is 0 Å². The van der Waals surface area contributed by atoms with Gasteiger partial charge in [-0.2, -0.15) is 0 Å². The van der Waals surface area contributed by atoms with Gasteiger partial charge in [0.25, 0.3) is 0 Å². The van der Waals surface area contributed by atoms with Gasteiger partial charge < -0.3 is 0 Å². The predicted octanol–water partition coefficient (Wildman–Crippen LogP) is 3.50. The standard InChI is InChI=1S/C9H12Br2/c10-8-5-4-6-2-1-3-7(8)9(6)11/h4-9H,1-3H2/t6-,7+,8+,9+/m1/s1. The lowest BCUT2D eigenvalue weighted by Crippen LogP contribution is -2.35. The van der Waals surface area contributed by atoms with Gasteiger partial charge in [-0.3, -0.25) is 0 Å². The fourth-order valence-corrected chi connectivity index (χ4v) is 4.37. The third-order valence-corrected chi connectivity index (χ3v) is 5.19. The van der Waals surface area contributed by atoms with Crippen molar-refractivity contribution in [2.45, 2.75) is 28.9 Å². The molecule has 11 heavy (non-hydrogen) atoms. The highest BCUT2D eigenvalue weighted by Gasteiger charge is 2.36. The summed E-state index contributed by atoms with van der Waals surface area (Å²) in [5, 5.41) is 0. The highest BCUT2D eigenvalue weighted by atomic mass is 79.9. The summed E-state index contributed by atoms with van der Waals surface area (Å²) in [6.07, 6.45) is 8.86. The summed E-state index contributed by atoms with van der Waals surface area (Å²) in [6.45, 7) is 0. The number of rotatable bonds is 0. The van der Waals surface area contributed by atoms with Crippen molar-refractivity contribution in [3.8, 4) is 0 Å². The van der Waals surface area contributed by atoms with Crippen molar-refractivity contribution in [3.05, 3.63) is 12.2 Å². The zero-order chi connectivity index (χ0) is 7.84. The molecule has 0 nitrogen and oxygen atoms in total. The van der Waals surface area contributed by atoms with Crippen LogP contribution >= 0.6 is 31.9 Å². The van der Waals surface area contributed by atoms with Gasteiger partial charge in [-0.15, -0.1) is 0 Å². The zero-order valence-corrected chi connectivity index (χ0v) is 9.51. The van der Waals surface area contributed by atoms with Crippen molar-refractivity contribution in [3.63, 3.8) is 0 Å². The monoisotopic (exact) mass is 278 g/mol. The molecule has 2 heteroatoms. The number of fused-ring (bicyclic) bond motifs is 2. The molecule has 0 saturated heterocycles. The first-order valence-electron chi connectivity index (χ1n) is 4.25. The molecule has 2 aliphatic rings. The number of allylic oxidation sites excluding steroid dienone is 2. The Kier molecular flexibility index (Phi) is 2.43. The molecule has 2 rings (SSSR count). The molecule has 1 saturated carbocycles. The largest absolute Gasteiger partial charge is 0.0881 e. The molecule has 0 aromatic rings. The second-order valence-electron chi connectivity index (χ2n) is 3.53. The molecule has 0 unspecified atom stereocenters. The highest BCUT2D eigenvalue weighted by molar-refractivity contribution is 9.10. The van der Waals surface area contributed by atoms with E-state index in [1.807, 2.05) is 0 Å². The number of halogens is 2. The molecule has 0 amide bonds. The molecular formula is C9H12Br2. The van der Waals surface area contributed by atoms with Gasteiger partial charge in [0.1, 0.15) is 0 Å². The lowest BCUT2D eigenvalue weighted by molar-refractivity contribution is 0.317. The Morgan fingerprint density at radius 3 is 2.64 bits per heavy atom. The molecule has 0 radical (unpaired) electrons. The van der Waals surface area contributed by atoms with Crippen LogP contribution in [-0.4, -0.2) is 9.65 Å². The summed E-state index contributed by atoms with van der Waals surface area (Å²) < 4.78 is 0. The lowest BCUT2D eigenvalue weighted by Gasteiger charge is -2.38. The van der Waals surface area contributed by atoms with Crippen molar-refractivity contribution in [2.24, 2.45) is 11.8 Å². The summed E-state index contributed by atoms with van der Waals surface area (Å²) >= 11 is 7.49. The maximum atomic E-state index is 3.79. The second-order valence-corrected chi connectivity index (χ2v) is 5.65. The van der Waals surface area contributed by atoms with Crippen LogP contribution in [0.25, 0.3) is 0 Å². The van der Waals surface area contributed by atoms with E-state index in [0.29, 0.717) is 4.83 Å². The van der Waals surface area contributed by atoms with Gasteiger partial charge in [0.05, 0.1) is 0 Å². The smallest absolute Gasteiger partial charge is 0.0364 e. The van der Waals surface area contributed by atoms with Crippen LogP contribution in [0.4, 0.5) is 0 Å². The first-order chi connectivity index (χ1) is 5.29. The summed E-state index contributed by atoms with van der Waals surface area (Å²) in [5.74, 6) is 1.64. The fraction of sp³-hybridized carbons (Fsp3) is 0.778. The van der Waals surface area contributed by atoms with E-state index in [2.05, 4.69) is 44.0 Å². The maximum absolute atomic E-state index is 3.79. The number of hydrogen-bond acceptors (Lipinski definition) is 0. The number of alkyl halides is 2. The van der Waals surface area contributed by atoms with Crippen molar-refractivity contribution in [2.75, 3.05) is 0 Å². The van der Waals surface area contributed by atoms with Crippen LogP contribution in [0.1, 0.15) is 19.3 Å². The molecule has 0 N–H and O–H groups in total. The Hall–Kier alpha value is 0.700. The molecule has 1 fully saturated rings. The summed E-state index contributed by atoms with van der Waals surface area (Å²) in [5.41, 5.74) is 0. The van der Waals surface area contributed by atoms with Crippen LogP contribution in [-0.2, 0) is 0 Å². The number of hydrogen-bond donors (Lipinski definition) is 0. The Bertz CT molecular complexity index is 176. The van der Waals surface area contributed by atoms with Crippen LogP contribution in [0.15, 0.2) is 12.2 Å². The molecule has 2 bridgehead atoms. The van der Waals surface area contributed by atoms with Gasteiger partial charge in [0.2, 0.25) is 0 Å². The third-order valence-electron chi connectivity index (χ3n) is 2.84. The first-order valence-corrected chi connectivity index (χ1v) is 6.08. The molecule has 2 aliphatic carbocycles. The molecule has 0 aromatic carbocycles. The third kappa shape index (κ3) is 1.44. The summed E-state index contributed by atoms with van der Waals surface area (Å²) in [6, 6.07) is 0. The molecule has 0 aromatic heterocycles. The van der Waals surface area contributed by atoms with E-state index >= 15 is 0 Å². The Morgan fingerprint density at radius 2 is 1.91 bits per heavy atom.